The van der Waals surface area contributed by atoms with Crippen molar-refractivity contribution in [3.8, 4) is 0 Å². The zero-order valence-corrected chi connectivity index (χ0v) is 16.3. The number of benzene rings is 2. The van der Waals surface area contributed by atoms with E-state index in [1.165, 1.54) is 0 Å². The van der Waals surface area contributed by atoms with Crippen LogP contribution in [0.5, 0.6) is 0 Å². The zero-order chi connectivity index (χ0) is 18.9. The molecule has 0 saturated heterocycles. The third-order valence-corrected chi connectivity index (χ3v) is 4.32. The summed E-state index contributed by atoms with van der Waals surface area (Å²) in [7, 11) is 0. The van der Waals surface area contributed by atoms with Gasteiger partial charge in [-0.25, -0.2) is 4.98 Å². The monoisotopic (exact) mass is 367 g/mol. The van der Waals surface area contributed by atoms with E-state index in [0.29, 0.717) is 13.2 Å². The fourth-order valence-corrected chi connectivity index (χ4v) is 2.97. The molecule has 27 heavy (non-hydrogen) atoms. The first-order chi connectivity index (χ1) is 13.3. The van der Waals surface area contributed by atoms with Gasteiger partial charge in [0.2, 0.25) is 0 Å². The molecule has 0 aliphatic heterocycles. The van der Waals surface area contributed by atoms with Gasteiger partial charge in [0.15, 0.2) is 0 Å². The van der Waals surface area contributed by atoms with Crippen molar-refractivity contribution >= 4 is 33.2 Å². The number of nitrogens with zero attached hydrogens (tertiary/aromatic N) is 1. The minimum atomic E-state index is 0.705. The third-order valence-electron chi connectivity index (χ3n) is 4.32. The lowest BCUT2D eigenvalue weighted by Crippen LogP contribution is -2.09. The van der Waals surface area contributed by atoms with E-state index in [9.17, 15) is 0 Å². The summed E-state index contributed by atoms with van der Waals surface area (Å²) in [5, 5.41) is 9.08. The first-order valence-electron chi connectivity index (χ1n) is 9.78. The van der Waals surface area contributed by atoms with Crippen LogP contribution in [-0.4, -0.2) is 44.5 Å². The Balaban J connectivity index is 1.71. The molecule has 5 heteroatoms. The van der Waals surface area contributed by atoms with Crippen molar-refractivity contribution in [3.05, 3.63) is 42.5 Å². The molecule has 1 heterocycles. The number of anilines is 2. The maximum absolute atomic E-state index is 5.52. The first kappa shape index (κ1) is 19.4. The Morgan fingerprint density at radius 3 is 1.89 bits per heavy atom. The number of ether oxygens (including phenoxy) is 2. The minimum absolute atomic E-state index is 0.705. The van der Waals surface area contributed by atoms with Gasteiger partial charge in [0.25, 0.3) is 0 Å². The lowest BCUT2D eigenvalue weighted by molar-refractivity contribution is 0.144. The van der Waals surface area contributed by atoms with E-state index < -0.39 is 0 Å². The molecule has 3 aromatic rings. The summed E-state index contributed by atoms with van der Waals surface area (Å²) in [6.45, 7) is 8.69. The van der Waals surface area contributed by atoms with Gasteiger partial charge in [-0.1, -0.05) is 19.1 Å². The second kappa shape index (κ2) is 10.1. The molecule has 0 aliphatic rings. The summed E-state index contributed by atoms with van der Waals surface area (Å²) in [6, 6.07) is 14.8. The molecule has 0 aliphatic carbocycles. The first-order valence-corrected chi connectivity index (χ1v) is 9.78. The molecular formula is C22H29N3O2. The van der Waals surface area contributed by atoms with Gasteiger partial charge in [-0.15, -0.1) is 0 Å². The number of fused-ring (bicyclic) bond motifs is 2. The van der Waals surface area contributed by atoms with Crippen LogP contribution < -0.4 is 10.6 Å². The van der Waals surface area contributed by atoms with Gasteiger partial charge in [0.05, 0.1) is 24.2 Å². The van der Waals surface area contributed by atoms with E-state index in [1.807, 2.05) is 6.92 Å². The molecule has 0 saturated carbocycles. The molecule has 0 bridgehead atoms. The van der Waals surface area contributed by atoms with Crippen LogP contribution in [-0.2, 0) is 9.47 Å². The lowest BCUT2D eigenvalue weighted by atomic mass is 10.1. The van der Waals surface area contributed by atoms with E-state index in [-0.39, 0.29) is 0 Å². The van der Waals surface area contributed by atoms with Gasteiger partial charge in [0, 0.05) is 48.5 Å². The predicted octanol–water partition coefficient (Wildman–Crippen LogP) is 4.67. The van der Waals surface area contributed by atoms with E-state index in [2.05, 4.69) is 60.0 Å². The summed E-state index contributed by atoms with van der Waals surface area (Å²) >= 11 is 0. The highest BCUT2D eigenvalue weighted by Gasteiger charge is 2.03. The van der Waals surface area contributed by atoms with Crippen LogP contribution in [0.3, 0.4) is 0 Å². The van der Waals surface area contributed by atoms with Crippen LogP contribution >= 0.6 is 0 Å². The average molecular weight is 367 g/mol. The Bertz CT molecular complexity index is 867. The van der Waals surface area contributed by atoms with Crippen molar-refractivity contribution in [1.82, 2.24) is 4.98 Å². The molecule has 5 nitrogen and oxygen atoms in total. The molecule has 0 unspecified atom stereocenters. The van der Waals surface area contributed by atoms with E-state index in [1.54, 1.807) is 0 Å². The molecule has 2 N–H and O–H groups in total. The van der Waals surface area contributed by atoms with Crippen LogP contribution in [0.1, 0.15) is 20.3 Å². The van der Waals surface area contributed by atoms with Crippen molar-refractivity contribution in [2.45, 2.75) is 20.3 Å². The fourth-order valence-electron chi connectivity index (χ4n) is 2.97. The number of pyridine rings is 1. The second-order valence-corrected chi connectivity index (χ2v) is 6.47. The SMILES string of the molecule is CCCOCCNc1ccc2cc3ccc(NCCOCC)cc3nc2c1. The highest BCUT2D eigenvalue weighted by molar-refractivity contribution is 5.95. The van der Waals surface area contributed by atoms with Crippen molar-refractivity contribution in [1.29, 1.82) is 0 Å². The van der Waals surface area contributed by atoms with Crippen molar-refractivity contribution < 1.29 is 9.47 Å². The van der Waals surface area contributed by atoms with Gasteiger partial charge in [-0.05, 0) is 43.7 Å². The Kier molecular flexibility index (Phi) is 7.25. The largest absolute Gasteiger partial charge is 0.383 e. The predicted molar refractivity (Wildman–Crippen MR) is 114 cm³/mol. The molecule has 3 rings (SSSR count). The Morgan fingerprint density at radius 2 is 1.33 bits per heavy atom. The smallest absolute Gasteiger partial charge is 0.0730 e. The summed E-state index contributed by atoms with van der Waals surface area (Å²) < 4.78 is 10.9. The van der Waals surface area contributed by atoms with Crippen molar-refractivity contribution in [2.24, 2.45) is 0 Å². The zero-order valence-electron chi connectivity index (χ0n) is 16.3. The standard InChI is InChI=1S/C22H29N3O2/c1-3-11-27-13-10-24-20-8-6-18-14-17-5-7-19(23-9-12-26-4-2)15-21(17)25-22(18)16-20/h5-8,14-16,23-24H,3-4,9-13H2,1-2H3. The van der Waals surface area contributed by atoms with E-state index >= 15 is 0 Å². The normalized spacial score (nSPS) is 11.2. The quantitative estimate of drug-likeness (QED) is 0.381. The maximum atomic E-state index is 5.52. The minimum Gasteiger partial charge on any atom is -0.383 e. The molecule has 0 radical (unpaired) electrons. The Hall–Kier alpha value is -2.37. The summed E-state index contributed by atoms with van der Waals surface area (Å²) in [4.78, 5) is 4.86. The number of aromatic nitrogens is 1. The summed E-state index contributed by atoms with van der Waals surface area (Å²) in [5.41, 5.74) is 4.12. The van der Waals surface area contributed by atoms with Crippen LogP contribution in [0.4, 0.5) is 11.4 Å². The van der Waals surface area contributed by atoms with Crippen molar-refractivity contribution in [2.75, 3.05) is 50.2 Å². The van der Waals surface area contributed by atoms with E-state index in [0.717, 1.165) is 65.9 Å². The third kappa shape index (κ3) is 5.55. The lowest BCUT2D eigenvalue weighted by Gasteiger charge is -2.10. The number of hydrogen-bond donors (Lipinski definition) is 2. The van der Waals surface area contributed by atoms with Gasteiger partial charge in [0.1, 0.15) is 0 Å². The highest BCUT2D eigenvalue weighted by atomic mass is 16.5. The average Bonchev–Trinajstić information content (AvgIpc) is 2.69. The van der Waals surface area contributed by atoms with Gasteiger partial charge in [-0.2, -0.15) is 0 Å². The molecule has 1 aromatic heterocycles. The van der Waals surface area contributed by atoms with Crippen LogP contribution in [0, 0.1) is 0 Å². The molecule has 0 fully saturated rings. The maximum Gasteiger partial charge on any atom is 0.0730 e. The summed E-state index contributed by atoms with van der Waals surface area (Å²) in [6.07, 6.45) is 1.05. The van der Waals surface area contributed by atoms with Gasteiger partial charge in [-0.3, -0.25) is 0 Å². The molecule has 0 atom stereocenters. The molecule has 0 spiro atoms. The fraction of sp³-hybridized carbons (Fsp3) is 0.409. The van der Waals surface area contributed by atoms with Crippen molar-refractivity contribution in [3.63, 3.8) is 0 Å². The van der Waals surface area contributed by atoms with Crippen LogP contribution in [0.2, 0.25) is 0 Å². The molecule has 2 aromatic carbocycles. The Labute approximate surface area is 161 Å². The second-order valence-electron chi connectivity index (χ2n) is 6.47. The topological polar surface area (TPSA) is 55.4 Å². The molecule has 0 amide bonds. The molecule has 144 valence electrons. The van der Waals surface area contributed by atoms with E-state index in [4.69, 9.17) is 14.5 Å². The number of nitrogens with one attached hydrogen (secondary N) is 2. The van der Waals surface area contributed by atoms with Crippen LogP contribution in [0.15, 0.2) is 42.5 Å². The highest BCUT2D eigenvalue weighted by Crippen LogP contribution is 2.24. The van der Waals surface area contributed by atoms with Gasteiger partial charge < -0.3 is 20.1 Å². The van der Waals surface area contributed by atoms with Gasteiger partial charge >= 0.3 is 0 Å². The summed E-state index contributed by atoms with van der Waals surface area (Å²) in [5.74, 6) is 0. The van der Waals surface area contributed by atoms with Crippen LogP contribution in [0.25, 0.3) is 21.8 Å². The number of hydrogen-bond acceptors (Lipinski definition) is 5. The Morgan fingerprint density at radius 1 is 0.741 bits per heavy atom. The number of rotatable bonds is 11. The molecular weight excluding hydrogens is 338 g/mol.